The molecule has 1 atom stereocenters. The zero-order chi connectivity index (χ0) is 14.9. The Hall–Kier alpha value is -0.630. The Bertz CT molecular complexity index is 447. The summed E-state index contributed by atoms with van der Waals surface area (Å²) in [4.78, 5) is 4.26. The molecule has 0 bridgehead atoms. The van der Waals surface area contributed by atoms with Crippen molar-refractivity contribution < 1.29 is 5.11 Å². The van der Waals surface area contributed by atoms with Gasteiger partial charge in [0.1, 0.15) is 5.75 Å². The van der Waals surface area contributed by atoms with E-state index in [0.717, 1.165) is 37.1 Å². The lowest BCUT2D eigenvalue weighted by Gasteiger charge is -2.14. The van der Waals surface area contributed by atoms with Crippen molar-refractivity contribution in [3.8, 4) is 5.75 Å². The summed E-state index contributed by atoms with van der Waals surface area (Å²) in [6, 6.07) is 7.42. The zero-order valence-electron chi connectivity index (χ0n) is 13.0. The summed E-state index contributed by atoms with van der Waals surface area (Å²) >= 11 is 2.06. The third-order valence-electron chi connectivity index (χ3n) is 3.62. The van der Waals surface area contributed by atoms with Crippen molar-refractivity contribution in [1.82, 2.24) is 10.6 Å². The van der Waals surface area contributed by atoms with E-state index in [1.54, 1.807) is 12.1 Å². The van der Waals surface area contributed by atoms with Gasteiger partial charge in [-0.2, -0.15) is 11.8 Å². The molecule has 1 aliphatic heterocycles. The highest BCUT2D eigenvalue weighted by atomic mass is 127. The minimum atomic E-state index is 0. The highest BCUT2D eigenvalue weighted by Crippen LogP contribution is 2.25. The average molecular weight is 435 g/mol. The van der Waals surface area contributed by atoms with Gasteiger partial charge < -0.3 is 15.7 Å². The fourth-order valence-corrected chi connectivity index (χ4v) is 3.60. The topological polar surface area (TPSA) is 56.7 Å². The summed E-state index contributed by atoms with van der Waals surface area (Å²) in [5.41, 5.74) is 1.25. The molecule has 1 unspecified atom stereocenters. The maximum Gasteiger partial charge on any atom is 0.191 e. The summed E-state index contributed by atoms with van der Waals surface area (Å²) in [5, 5.41) is 16.7. The van der Waals surface area contributed by atoms with E-state index >= 15 is 0 Å². The van der Waals surface area contributed by atoms with Gasteiger partial charge in [-0.15, -0.1) is 24.0 Å². The highest BCUT2D eigenvalue weighted by Gasteiger charge is 2.15. The third-order valence-corrected chi connectivity index (χ3v) is 5.01. The number of thioether (sulfide) groups is 1. The summed E-state index contributed by atoms with van der Waals surface area (Å²) in [6.45, 7) is 1.90. The van der Waals surface area contributed by atoms with Crippen molar-refractivity contribution in [2.45, 2.75) is 30.9 Å². The molecule has 1 saturated heterocycles. The number of benzene rings is 1. The van der Waals surface area contributed by atoms with Crippen LogP contribution in [-0.2, 0) is 6.42 Å². The minimum Gasteiger partial charge on any atom is -0.508 e. The number of phenols is 1. The Balaban J connectivity index is 0.00000242. The molecule has 0 radical (unpaired) electrons. The van der Waals surface area contributed by atoms with Gasteiger partial charge in [0.15, 0.2) is 5.96 Å². The lowest BCUT2D eigenvalue weighted by Crippen LogP contribution is -2.40. The van der Waals surface area contributed by atoms with Crippen LogP contribution < -0.4 is 10.6 Å². The molecule has 124 valence electrons. The van der Waals surface area contributed by atoms with Crippen LogP contribution in [0.25, 0.3) is 0 Å². The SMILES string of the molecule is CN=C(NCCCc1ccc(O)cc1)NCC1CCCS1.I. The van der Waals surface area contributed by atoms with Crippen LogP contribution in [0.2, 0.25) is 0 Å². The number of aliphatic imine (C=N–C) groups is 1. The first-order valence-electron chi connectivity index (χ1n) is 7.62. The molecule has 1 fully saturated rings. The standard InChI is InChI=1S/C16H25N3OS.HI/c1-17-16(19-12-15-5-3-11-21-15)18-10-2-4-13-6-8-14(20)9-7-13;/h6-9,15,20H,2-5,10-12H2,1H3,(H2,17,18,19);1H. The monoisotopic (exact) mass is 435 g/mol. The Morgan fingerprint density at radius 1 is 1.32 bits per heavy atom. The predicted molar refractivity (Wildman–Crippen MR) is 107 cm³/mol. The van der Waals surface area contributed by atoms with Crippen LogP contribution in [0.4, 0.5) is 0 Å². The maximum atomic E-state index is 9.24. The van der Waals surface area contributed by atoms with E-state index in [9.17, 15) is 5.11 Å². The van der Waals surface area contributed by atoms with Gasteiger partial charge in [0.05, 0.1) is 0 Å². The number of hydrogen-bond acceptors (Lipinski definition) is 3. The molecule has 4 nitrogen and oxygen atoms in total. The number of aromatic hydroxyl groups is 1. The first-order chi connectivity index (χ1) is 10.3. The molecule has 3 N–H and O–H groups in total. The highest BCUT2D eigenvalue weighted by molar-refractivity contribution is 14.0. The number of phenolic OH excluding ortho intramolecular Hbond substituents is 1. The van der Waals surface area contributed by atoms with Crippen LogP contribution in [0.3, 0.4) is 0 Å². The minimum absolute atomic E-state index is 0. The quantitative estimate of drug-likeness (QED) is 0.278. The summed E-state index contributed by atoms with van der Waals surface area (Å²) < 4.78 is 0. The van der Waals surface area contributed by atoms with E-state index in [2.05, 4.69) is 27.4 Å². The van der Waals surface area contributed by atoms with Gasteiger partial charge in [0.25, 0.3) is 0 Å². The Labute approximate surface area is 154 Å². The van der Waals surface area contributed by atoms with E-state index in [1.165, 1.54) is 24.2 Å². The lowest BCUT2D eigenvalue weighted by molar-refractivity contribution is 0.475. The van der Waals surface area contributed by atoms with Gasteiger partial charge in [-0.25, -0.2) is 0 Å². The van der Waals surface area contributed by atoms with Gasteiger partial charge in [0.2, 0.25) is 0 Å². The number of hydrogen-bond donors (Lipinski definition) is 3. The number of nitrogens with one attached hydrogen (secondary N) is 2. The molecule has 1 aromatic rings. The molecule has 22 heavy (non-hydrogen) atoms. The van der Waals surface area contributed by atoms with Crippen molar-refractivity contribution in [3.05, 3.63) is 29.8 Å². The second kappa shape index (κ2) is 11.0. The van der Waals surface area contributed by atoms with Crippen LogP contribution in [-0.4, -0.2) is 42.2 Å². The first kappa shape index (κ1) is 19.4. The summed E-state index contributed by atoms with van der Waals surface area (Å²) in [5.74, 6) is 2.52. The van der Waals surface area contributed by atoms with Gasteiger partial charge in [0, 0.05) is 25.4 Å². The van der Waals surface area contributed by atoms with E-state index in [4.69, 9.17) is 0 Å². The average Bonchev–Trinajstić information content (AvgIpc) is 3.02. The molecule has 1 aliphatic rings. The molecule has 6 heteroatoms. The van der Waals surface area contributed by atoms with Gasteiger partial charge in [-0.1, -0.05) is 12.1 Å². The largest absolute Gasteiger partial charge is 0.508 e. The number of halogens is 1. The number of nitrogens with zero attached hydrogens (tertiary/aromatic N) is 1. The lowest BCUT2D eigenvalue weighted by atomic mass is 10.1. The molecular weight excluding hydrogens is 409 g/mol. The van der Waals surface area contributed by atoms with Crippen LogP contribution in [0.5, 0.6) is 5.75 Å². The number of rotatable bonds is 6. The Kier molecular flexibility index (Phi) is 9.70. The molecular formula is C16H26IN3OS. The molecule has 0 saturated carbocycles. The van der Waals surface area contributed by atoms with E-state index < -0.39 is 0 Å². The van der Waals surface area contributed by atoms with Crippen molar-refractivity contribution in [2.75, 3.05) is 25.9 Å². The first-order valence-corrected chi connectivity index (χ1v) is 8.67. The third kappa shape index (κ3) is 7.09. The summed E-state index contributed by atoms with van der Waals surface area (Å²) in [7, 11) is 1.82. The zero-order valence-corrected chi connectivity index (χ0v) is 16.2. The second-order valence-corrected chi connectivity index (χ2v) is 6.69. The fraction of sp³-hybridized carbons (Fsp3) is 0.562. The van der Waals surface area contributed by atoms with Gasteiger partial charge in [-0.3, -0.25) is 4.99 Å². The molecule has 1 heterocycles. The predicted octanol–water partition coefficient (Wildman–Crippen LogP) is 3.00. The van der Waals surface area contributed by atoms with E-state index in [0.29, 0.717) is 5.75 Å². The van der Waals surface area contributed by atoms with Crippen LogP contribution in [0.15, 0.2) is 29.3 Å². The van der Waals surface area contributed by atoms with Crippen molar-refractivity contribution in [1.29, 1.82) is 0 Å². The molecule has 1 aromatic carbocycles. The molecule has 0 spiro atoms. The number of aryl methyl sites for hydroxylation is 1. The van der Waals surface area contributed by atoms with Crippen LogP contribution in [0, 0.1) is 0 Å². The Morgan fingerprint density at radius 3 is 2.73 bits per heavy atom. The fourth-order valence-electron chi connectivity index (χ4n) is 2.40. The molecule has 0 aliphatic carbocycles. The number of guanidine groups is 1. The second-order valence-electron chi connectivity index (χ2n) is 5.28. The normalized spacial score (nSPS) is 17.9. The Morgan fingerprint density at radius 2 is 2.09 bits per heavy atom. The van der Waals surface area contributed by atoms with Gasteiger partial charge in [-0.05, 0) is 49.1 Å². The molecule has 0 aromatic heterocycles. The van der Waals surface area contributed by atoms with Crippen molar-refractivity contribution in [2.24, 2.45) is 4.99 Å². The van der Waals surface area contributed by atoms with Crippen molar-refractivity contribution in [3.63, 3.8) is 0 Å². The molecule has 0 amide bonds. The van der Waals surface area contributed by atoms with Gasteiger partial charge >= 0.3 is 0 Å². The summed E-state index contributed by atoms with van der Waals surface area (Å²) in [6.07, 6.45) is 4.71. The maximum absolute atomic E-state index is 9.24. The molecule has 2 rings (SSSR count). The smallest absolute Gasteiger partial charge is 0.191 e. The van der Waals surface area contributed by atoms with Crippen LogP contribution in [0.1, 0.15) is 24.8 Å². The van der Waals surface area contributed by atoms with E-state index in [1.807, 2.05) is 19.2 Å². The van der Waals surface area contributed by atoms with Crippen LogP contribution >= 0.6 is 35.7 Å². The van der Waals surface area contributed by atoms with E-state index in [-0.39, 0.29) is 24.0 Å². The van der Waals surface area contributed by atoms with Crippen molar-refractivity contribution >= 4 is 41.7 Å².